The molecule has 0 aliphatic heterocycles. The molecule has 1 aliphatic rings. The van der Waals surface area contributed by atoms with Crippen molar-refractivity contribution >= 4 is 34.1 Å². The highest BCUT2D eigenvalue weighted by molar-refractivity contribution is 8.01. The van der Waals surface area contributed by atoms with Gasteiger partial charge in [-0.25, -0.2) is 0 Å². The minimum absolute atomic E-state index is 0.221. The van der Waals surface area contributed by atoms with Crippen LogP contribution in [0.15, 0.2) is 34.7 Å². The Bertz CT molecular complexity index is 686. The molecule has 0 unspecified atom stereocenters. The molecule has 1 N–H and O–H groups in total. The second-order valence-electron chi connectivity index (χ2n) is 6.47. The Hall–Kier alpha value is -1.60. The summed E-state index contributed by atoms with van der Waals surface area (Å²) in [7, 11) is 0. The number of hydrogen-bond acceptors (Lipinski definition) is 6. The van der Waals surface area contributed by atoms with Gasteiger partial charge in [-0.05, 0) is 25.3 Å². The Morgan fingerprint density at radius 1 is 1.23 bits per heavy atom. The van der Waals surface area contributed by atoms with E-state index in [4.69, 9.17) is 0 Å². The number of amides is 1. The Kier molecular flexibility index (Phi) is 7.32. The minimum Gasteiger partial charge on any atom is -0.356 e. The van der Waals surface area contributed by atoms with E-state index < -0.39 is 0 Å². The van der Waals surface area contributed by atoms with Crippen molar-refractivity contribution in [3.63, 3.8) is 0 Å². The van der Waals surface area contributed by atoms with E-state index in [1.807, 2.05) is 18.2 Å². The minimum atomic E-state index is 0.221. The van der Waals surface area contributed by atoms with Crippen LogP contribution in [0.1, 0.15) is 44.6 Å². The summed E-state index contributed by atoms with van der Waals surface area (Å²) in [6, 6.07) is 10.6. The van der Waals surface area contributed by atoms with Gasteiger partial charge in [0, 0.05) is 19.1 Å². The Labute approximate surface area is 163 Å². The molecule has 1 fully saturated rings. The van der Waals surface area contributed by atoms with Crippen LogP contribution in [0.3, 0.4) is 0 Å². The van der Waals surface area contributed by atoms with E-state index in [9.17, 15) is 4.79 Å². The quantitative estimate of drug-likeness (QED) is 0.676. The first-order valence-electron chi connectivity index (χ1n) is 9.30. The molecule has 5 nitrogen and oxygen atoms in total. The van der Waals surface area contributed by atoms with E-state index in [2.05, 4.69) is 39.5 Å². The third-order valence-electron chi connectivity index (χ3n) is 4.69. The molecule has 1 heterocycles. The first kappa shape index (κ1) is 19.2. The zero-order valence-electron chi connectivity index (χ0n) is 15.2. The molecule has 1 aromatic heterocycles. The van der Waals surface area contributed by atoms with E-state index in [-0.39, 0.29) is 5.91 Å². The highest BCUT2D eigenvalue weighted by atomic mass is 32.2. The summed E-state index contributed by atoms with van der Waals surface area (Å²) in [5.41, 5.74) is 1.21. The summed E-state index contributed by atoms with van der Waals surface area (Å²) in [4.78, 5) is 14.7. The average Bonchev–Trinajstić information content (AvgIpc) is 3.15. The SMILES string of the molecule is CCN(C(=O)CSc1nnc(NCc2ccccc2)s1)C1CCCCC1. The standard InChI is InChI=1S/C19H26N4OS2/c1-2-23(16-11-7-4-8-12-16)17(24)14-25-19-22-21-18(26-19)20-13-15-9-5-3-6-10-15/h3,5-6,9-10,16H,2,4,7-8,11-14H2,1H3,(H,20,21). The summed E-state index contributed by atoms with van der Waals surface area (Å²) >= 11 is 3.00. The highest BCUT2D eigenvalue weighted by Crippen LogP contribution is 2.27. The molecular formula is C19H26N4OS2. The van der Waals surface area contributed by atoms with E-state index >= 15 is 0 Å². The Balaban J connectivity index is 1.46. The predicted octanol–water partition coefficient (Wildman–Crippen LogP) is 4.42. The number of benzene rings is 1. The van der Waals surface area contributed by atoms with Crippen molar-refractivity contribution in [1.29, 1.82) is 0 Å². The first-order chi connectivity index (χ1) is 12.8. The molecule has 3 rings (SSSR count). The predicted molar refractivity (Wildman–Crippen MR) is 109 cm³/mol. The average molecular weight is 391 g/mol. The molecule has 0 atom stereocenters. The maximum atomic E-state index is 12.6. The van der Waals surface area contributed by atoms with Crippen LogP contribution in [0.4, 0.5) is 5.13 Å². The van der Waals surface area contributed by atoms with Crippen LogP contribution in [0.5, 0.6) is 0 Å². The van der Waals surface area contributed by atoms with E-state index in [1.54, 1.807) is 0 Å². The lowest BCUT2D eigenvalue weighted by Gasteiger charge is -2.33. The number of carbonyl (C=O) groups excluding carboxylic acids is 1. The summed E-state index contributed by atoms with van der Waals surface area (Å²) in [6.45, 7) is 3.60. The lowest BCUT2D eigenvalue weighted by Crippen LogP contribution is -2.42. The van der Waals surface area contributed by atoms with E-state index in [0.717, 1.165) is 35.4 Å². The molecule has 0 radical (unpaired) electrons. The van der Waals surface area contributed by atoms with Gasteiger partial charge in [-0.1, -0.05) is 72.7 Å². The topological polar surface area (TPSA) is 58.1 Å². The molecular weight excluding hydrogens is 364 g/mol. The second kappa shape index (κ2) is 9.92. The van der Waals surface area contributed by atoms with Crippen molar-refractivity contribution in [2.45, 2.75) is 56.0 Å². The summed E-state index contributed by atoms with van der Waals surface area (Å²) < 4.78 is 0.841. The number of carbonyl (C=O) groups is 1. The third kappa shape index (κ3) is 5.45. The van der Waals surface area contributed by atoms with Gasteiger partial charge in [0.2, 0.25) is 11.0 Å². The van der Waals surface area contributed by atoms with Gasteiger partial charge in [-0.15, -0.1) is 10.2 Å². The normalized spacial score (nSPS) is 15.0. The second-order valence-corrected chi connectivity index (χ2v) is 8.67. The van der Waals surface area contributed by atoms with Crippen molar-refractivity contribution in [2.75, 3.05) is 17.6 Å². The van der Waals surface area contributed by atoms with Crippen molar-refractivity contribution in [3.05, 3.63) is 35.9 Å². The Morgan fingerprint density at radius 2 is 2.00 bits per heavy atom. The molecule has 0 saturated heterocycles. The highest BCUT2D eigenvalue weighted by Gasteiger charge is 2.24. The molecule has 1 aromatic carbocycles. The monoisotopic (exact) mass is 390 g/mol. The van der Waals surface area contributed by atoms with Gasteiger partial charge >= 0.3 is 0 Å². The van der Waals surface area contributed by atoms with Crippen molar-refractivity contribution in [1.82, 2.24) is 15.1 Å². The number of thioether (sulfide) groups is 1. The molecule has 1 amide bonds. The van der Waals surface area contributed by atoms with Crippen LogP contribution < -0.4 is 5.32 Å². The summed E-state index contributed by atoms with van der Waals surface area (Å²) in [6.07, 6.45) is 6.09. The van der Waals surface area contributed by atoms with Crippen LogP contribution in [0.25, 0.3) is 0 Å². The fourth-order valence-corrected chi connectivity index (χ4v) is 4.98. The number of anilines is 1. The summed E-state index contributed by atoms with van der Waals surface area (Å²) in [5.74, 6) is 0.663. The van der Waals surface area contributed by atoms with Crippen LogP contribution in [0.2, 0.25) is 0 Å². The van der Waals surface area contributed by atoms with Crippen LogP contribution >= 0.6 is 23.1 Å². The Morgan fingerprint density at radius 3 is 2.73 bits per heavy atom. The fraction of sp³-hybridized carbons (Fsp3) is 0.526. The number of rotatable bonds is 8. The first-order valence-corrected chi connectivity index (χ1v) is 11.1. The van der Waals surface area contributed by atoms with Gasteiger partial charge in [0.1, 0.15) is 0 Å². The number of aromatic nitrogens is 2. The molecule has 0 spiro atoms. The van der Waals surface area contributed by atoms with Gasteiger partial charge in [0.15, 0.2) is 4.34 Å². The molecule has 1 aliphatic carbocycles. The number of nitrogens with one attached hydrogen (secondary N) is 1. The molecule has 2 aromatic rings. The van der Waals surface area contributed by atoms with Crippen LogP contribution in [-0.2, 0) is 11.3 Å². The van der Waals surface area contributed by atoms with Gasteiger partial charge < -0.3 is 10.2 Å². The molecule has 26 heavy (non-hydrogen) atoms. The lowest BCUT2D eigenvalue weighted by molar-refractivity contribution is -0.131. The van der Waals surface area contributed by atoms with Crippen molar-refractivity contribution < 1.29 is 4.79 Å². The van der Waals surface area contributed by atoms with Gasteiger partial charge in [-0.2, -0.15) is 0 Å². The molecule has 7 heteroatoms. The maximum Gasteiger partial charge on any atom is 0.233 e. The van der Waals surface area contributed by atoms with Gasteiger partial charge in [0.05, 0.1) is 5.75 Å². The van der Waals surface area contributed by atoms with E-state index in [1.165, 1.54) is 47.9 Å². The lowest BCUT2D eigenvalue weighted by atomic mass is 9.94. The largest absolute Gasteiger partial charge is 0.356 e. The third-order valence-corrected chi connectivity index (χ3v) is 6.69. The fourth-order valence-electron chi connectivity index (χ4n) is 3.35. The smallest absolute Gasteiger partial charge is 0.233 e. The van der Waals surface area contributed by atoms with E-state index in [0.29, 0.717) is 11.8 Å². The zero-order valence-corrected chi connectivity index (χ0v) is 16.8. The van der Waals surface area contributed by atoms with Crippen LogP contribution in [0, 0.1) is 0 Å². The van der Waals surface area contributed by atoms with Gasteiger partial charge in [0.25, 0.3) is 0 Å². The maximum absolute atomic E-state index is 12.6. The zero-order chi connectivity index (χ0) is 18.2. The number of nitrogens with zero attached hydrogens (tertiary/aromatic N) is 3. The molecule has 1 saturated carbocycles. The van der Waals surface area contributed by atoms with Crippen molar-refractivity contribution in [2.24, 2.45) is 0 Å². The molecule has 0 bridgehead atoms. The van der Waals surface area contributed by atoms with Crippen molar-refractivity contribution in [3.8, 4) is 0 Å². The van der Waals surface area contributed by atoms with Gasteiger partial charge in [-0.3, -0.25) is 4.79 Å². The summed E-state index contributed by atoms with van der Waals surface area (Å²) in [5, 5.41) is 12.5. The van der Waals surface area contributed by atoms with Crippen LogP contribution in [-0.4, -0.2) is 39.3 Å². The number of hydrogen-bond donors (Lipinski definition) is 1. The molecule has 140 valence electrons.